The van der Waals surface area contributed by atoms with E-state index in [2.05, 4.69) is 0 Å². The van der Waals surface area contributed by atoms with Crippen LogP contribution in [0.5, 0.6) is 11.5 Å². The molecular formula is C10H15NO4S. The summed E-state index contributed by atoms with van der Waals surface area (Å²) in [6.45, 7) is 1.51. The second kappa shape index (κ2) is 4.71. The van der Waals surface area contributed by atoms with Crippen molar-refractivity contribution in [3.63, 3.8) is 0 Å². The average Bonchev–Trinajstić information content (AvgIpc) is 2.25. The van der Waals surface area contributed by atoms with Crippen molar-refractivity contribution in [2.75, 3.05) is 14.2 Å². The quantitative estimate of drug-likeness (QED) is 0.860. The third kappa shape index (κ3) is 2.65. The van der Waals surface area contributed by atoms with E-state index in [1.54, 1.807) is 18.2 Å². The standard InChI is InChI=1S/C10H15NO4S/c1-7(16(11,12)13)9-6-8(14-2)4-5-10(9)15-3/h4-7H,1-3H3,(H2,11,12,13). The Hall–Kier alpha value is -1.27. The van der Waals surface area contributed by atoms with Gasteiger partial charge in [0, 0.05) is 5.56 Å². The highest BCUT2D eigenvalue weighted by Gasteiger charge is 2.22. The smallest absolute Gasteiger partial charge is 0.216 e. The second-order valence-electron chi connectivity index (χ2n) is 3.34. The van der Waals surface area contributed by atoms with E-state index in [4.69, 9.17) is 14.6 Å². The van der Waals surface area contributed by atoms with Crippen LogP contribution in [0.2, 0.25) is 0 Å². The predicted octanol–water partition coefficient (Wildman–Crippen LogP) is 1.05. The number of primary sulfonamides is 1. The molecule has 0 aliphatic rings. The van der Waals surface area contributed by atoms with Gasteiger partial charge in [-0.1, -0.05) is 0 Å². The molecule has 0 bridgehead atoms. The van der Waals surface area contributed by atoms with Crippen molar-refractivity contribution in [1.82, 2.24) is 0 Å². The van der Waals surface area contributed by atoms with Crippen LogP contribution in [-0.2, 0) is 10.0 Å². The molecule has 1 aromatic rings. The van der Waals surface area contributed by atoms with E-state index in [9.17, 15) is 8.42 Å². The van der Waals surface area contributed by atoms with Crippen LogP contribution >= 0.6 is 0 Å². The highest BCUT2D eigenvalue weighted by Crippen LogP contribution is 2.32. The Morgan fingerprint density at radius 3 is 2.31 bits per heavy atom. The van der Waals surface area contributed by atoms with E-state index < -0.39 is 15.3 Å². The molecule has 16 heavy (non-hydrogen) atoms. The first-order valence-corrected chi connectivity index (χ1v) is 6.24. The zero-order valence-corrected chi connectivity index (χ0v) is 10.2. The largest absolute Gasteiger partial charge is 0.497 e. The molecule has 0 spiro atoms. The molecule has 1 atom stereocenters. The first-order chi connectivity index (χ1) is 7.40. The summed E-state index contributed by atoms with van der Waals surface area (Å²) in [5.41, 5.74) is 0.490. The predicted molar refractivity (Wildman–Crippen MR) is 61.1 cm³/mol. The lowest BCUT2D eigenvalue weighted by molar-refractivity contribution is 0.398. The van der Waals surface area contributed by atoms with Gasteiger partial charge in [-0.2, -0.15) is 0 Å². The van der Waals surface area contributed by atoms with Gasteiger partial charge in [-0.15, -0.1) is 0 Å². The summed E-state index contributed by atoms with van der Waals surface area (Å²) in [5.74, 6) is 1.04. The summed E-state index contributed by atoms with van der Waals surface area (Å²) >= 11 is 0. The van der Waals surface area contributed by atoms with E-state index in [-0.39, 0.29) is 0 Å². The van der Waals surface area contributed by atoms with Crippen molar-refractivity contribution in [3.8, 4) is 11.5 Å². The molecule has 5 nitrogen and oxygen atoms in total. The summed E-state index contributed by atoms with van der Waals surface area (Å²) in [6.07, 6.45) is 0. The minimum absolute atomic E-state index is 0.474. The number of hydrogen-bond donors (Lipinski definition) is 1. The van der Waals surface area contributed by atoms with Gasteiger partial charge in [0.2, 0.25) is 10.0 Å². The van der Waals surface area contributed by atoms with Gasteiger partial charge in [0.1, 0.15) is 16.7 Å². The zero-order chi connectivity index (χ0) is 12.3. The topological polar surface area (TPSA) is 78.6 Å². The maximum absolute atomic E-state index is 11.3. The van der Waals surface area contributed by atoms with Crippen LogP contribution in [0.3, 0.4) is 0 Å². The summed E-state index contributed by atoms with van der Waals surface area (Å²) in [4.78, 5) is 0. The lowest BCUT2D eigenvalue weighted by Crippen LogP contribution is -2.19. The van der Waals surface area contributed by atoms with E-state index in [1.165, 1.54) is 21.1 Å². The molecule has 0 aromatic heterocycles. The number of methoxy groups -OCH3 is 2. The molecule has 0 saturated heterocycles. The molecular weight excluding hydrogens is 230 g/mol. The van der Waals surface area contributed by atoms with Crippen LogP contribution in [0.25, 0.3) is 0 Å². The van der Waals surface area contributed by atoms with Gasteiger partial charge in [0.25, 0.3) is 0 Å². The summed E-state index contributed by atoms with van der Waals surface area (Å²) in [7, 11) is -0.668. The van der Waals surface area contributed by atoms with Gasteiger partial charge in [-0.05, 0) is 25.1 Å². The third-order valence-corrected chi connectivity index (χ3v) is 3.61. The highest BCUT2D eigenvalue weighted by atomic mass is 32.2. The third-order valence-electron chi connectivity index (χ3n) is 2.37. The fourth-order valence-corrected chi connectivity index (χ4v) is 1.87. The second-order valence-corrected chi connectivity index (χ2v) is 5.22. The van der Waals surface area contributed by atoms with Crippen LogP contribution in [0.15, 0.2) is 18.2 Å². The fourth-order valence-electron chi connectivity index (χ4n) is 1.33. The lowest BCUT2D eigenvalue weighted by atomic mass is 10.1. The normalized spacial score (nSPS) is 13.2. The Morgan fingerprint density at radius 1 is 1.25 bits per heavy atom. The number of benzene rings is 1. The minimum Gasteiger partial charge on any atom is -0.497 e. The SMILES string of the molecule is COc1ccc(OC)c(C(C)S(N)(=O)=O)c1. The Kier molecular flexibility index (Phi) is 3.77. The molecule has 0 aliphatic heterocycles. The Balaban J connectivity index is 3.29. The number of nitrogens with two attached hydrogens (primary N) is 1. The van der Waals surface area contributed by atoms with Crippen LogP contribution in [0.1, 0.15) is 17.7 Å². The van der Waals surface area contributed by atoms with Crippen LogP contribution in [-0.4, -0.2) is 22.6 Å². The van der Waals surface area contributed by atoms with Gasteiger partial charge >= 0.3 is 0 Å². The molecule has 0 saturated carbocycles. The average molecular weight is 245 g/mol. The molecule has 1 aromatic carbocycles. The Labute approximate surface area is 95.2 Å². The van der Waals surface area contributed by atoms with Gasteiger partial charge in [-0.3, -0.25) is 0 Å². The lowest BCUT2D eigenvalue weighted by Gasteiger charge is -2.14. The maximum Gasteiger partial charge on any atom is 0.216 e. The number of rotatable bonds is 4. The zero-order valence-electron chi connectivity index (χ0n) is 9.43. The molecule has 6 heteroatoms. The van der Waals surface area contributed by atoms with E-state index in [0.29, 0.717) is 17.1 Å². The maximum atomic E-state index is 11.3. The van der Waals surface area contributed by atoms with Crippen molar-refractivity contribution in [3.05, 3.63) is 23.8 Å². The van der Waals surface area contributed by atoms with Crippen molar-refractivity contribution in [2.45, 2.75) is 12.2 Å². The van der Waals surface area contributed by atoms with E-state index in [1.807, 2.05) is 0 Å². The first kappa shape index (κ1) is 12.8. The van der Waals surface area contributed by atoms with Crippen molar-refractivity contribution in [2.24, 2.45) is 5.14 Å². The van der Waals surface area contributed by atoms with E-state index >= 15 is 0 Å². The van der Waals surface area contributed by atoms with Crippen LogP contribution in [0, 0.1) is 0 Å². The number of hydrogen-bond acceptors (Lipinski definition) is 4. The number of ether oxygens (including phenoxy) is 2. The molecule has 0 amide bonds. The van der Waals surface area contributed by atoms with Crippen LogP contribution in [0.4, 0.5) is 0 Å². The van der Waals surface area contributed by atoms with Crippen molar-refractivity contribution in [1.29, 1.82) is 0 Å². The summed E-state index contributed by atoms with van der Waals surface area (Å²) < 4.78 is 32.7. The molecule has 1 unspecified atom stereocenters. The van der Waals surface area contributed by atoms with E-state index in [0.717, 1.165) is 0 Å². The molecule has 2 N–H and O–H groups in total. The first-order valence-electron chi connectivity index (χ1n) is 4.63. The minimum atomic E-state index is -3.65. The molecule has 90 valence electrons. The fraction of sp³-hybridized carbons (Fsp3) is 0.400. The molecule has 0 aliphatic carbocycles. The molecule has 0 radical (unpaired) electrons. The van der Waals surface area contributed by atoms with Gasteiger partial charge in [-0.25, -0.2) is 13.6 Å². The van der Waals surface area contributed by atoms with Gasteiger partial charge < -0.3 is 9.47 Å². The monoisotopic (exact) mass is 245 g/mol. The molecule has 0 heterocycles. The Morgan fingerprint density at radius 2 is 1.88 bits per heavy atom. The van der Waals surface area contributed by atoms with Crippen LogP contribution < -0.4 is 14.6 Å². The Bertz CT molecular complexity index is 470. The molecule has 0 fully saturated rings. The summed E-state index contributed by atoms with van der Waals surface area (Å²) in [6, 6.07) is 4.95. The highest BCUT2D eigenvalue weighted by molar-refractivity contribution is 7.89. The molecule has 1 rings (SSSR count). The number of sulfonamides is 1. The van der Waals surface area contributed by atoms with Crippen molar-refractivity contribution >= 4 is 10.0 Å². The van der Waals surface area contributed by atoms with Gasteiger partial charge in [0.05, 0.1) is 14.2 Å². The summed E-state index contributed by atoms with van der Waals surface area (Å²) in [5, 5.41) is 4.27. The van der Waals surface area contributed by atoms with Gasteiger partial charge in [0.15, 0.2) is 0 Å². The van der Waals surface area contributed by atoms with Crippen molar-refractivity contribution < 1.29 is 17.9 Å².